The zero-order valence-corrected chi connectivity index (χ0v) is 9.52. The molecular formula is C12H8F3N3O. The van der Waals surface area contributed by atoms with E-state index in [2.05, 4.69) is 4.98 Å². The van der Waals surface area contributed by atoms with Crippen LogP contribution in [0.4, 0.5) is 13.2 Å². The van der Waals surface area contributed by atoms with Crippen LogP contribution in [0.3, 0.4) is 0 Å². The summed E-state index contributed by atoms with van der Waals surface area (Å²) in [5.74, 6) is -0.216. The van der Waals surface area contributed by atoms with Gasteiger partial charge in [-0.3, -0.25) is 4.40 Å². The van der Waals surface area contributed by atoms with E-state index in [0.29, 0.717) is 5.69 Å². The molecule has 0 aliphatic carbocycles. The molecule has 0 aromatic carbocycles. The normalized spacial score (nSPS) is 12.1. The third-order valence-electron chi connectivity index (χ3n) is 2.44. The summed E-state index contributed by atoms with van der Waals surface area (Å²) in [4.78, 5) is 3.91. The van der Waals surface area contributed by atoms with E-state index in [1.807, 2.05) is 0 Å². The lowest BCUT2D eigenvalue weighted by Crippen LogP contribution is -2.04. The number of alkyl halides is 3. The quantitative estimate of drug-likeness (QED) is 0.910. The first-order valence-corrected chi connectivity index (χ1v) is 5.25. The number of allylic oxidation sites excluding steroid dienone is 1. The molecule has 0 radical (unpaired) electrons. The van der Waals surface area contributed by atoms with Crippen LogP contribution in [0.25, 0.3) is 11.7 Å². The highest BCUT2D eigenvalue weighted by Gasteiger charge is 2.24. The maximum Gasteiger partial charge on any atom is 0.392 e. The fourth-order valence-corrected chi connectivity index (χ4v) is 1.60. The van der Waals surface area contributed by atoms with Crippen molar-refractivity contribution in [3.63, 3.8) is 0 Å². The van der Waals surface area contributed by atoms with Gasteiger partial charge in [0.25, 0.3) is 0 Å². The second-order valence-corrected chi connectivity index (χ2v) is 3.79. The van der Waals surface area contributed by atoms with E-state index in [1.165, 1.54) is 28.9 Å². The summed E-state index contributed by atoms with van der Waals surface area (Å²) < 4.78 is 37.5. The molecule has 4 nitrogen and oxygen atoms in total. The van der Waals surface area contributed by atoms with Crippen molar-refractivity contribution in [2.24, 2.45) is 0 Å². The SMILES string of the molecule is N#Cc1c(O)ccn2c(/C=C/CC(F)(F)F)cnc12. The third-order valence-corrected chi connectivity index (χ3v) is 2.44. The van der Waals surface area contributed by atoms with Gasteiger partial charge in [-0.1, -0.05) is 6.08 Å². The van der Waals surface area contributed by atoms with Crippen LogP contribution in [0.5, 0.6) is 5.75 Å². The molecule has 2 rings (SSSR count). The van der Waals surface area contributed by atoms with Gasteiger partial charge < -0.3 is 5.11 Å². The molecule has 1 N–H and O–H groups in total. The van der Waals surface area contributed by atoms with Gasteiger partial charge in [-0.15, -0.1) is 0 Å². The second-order valence-electron chi connectivity index (χ2n) is 3.79. The smallest absolute Gasteiger partial charge is 0.392 e. The predicted octanol–water partition coefficient (Wildman–Crippen LogP) is 2.88. The van der Waals surface area contributed by atoms with Crippen LogP contribution in [0.1, 0.15) is 17.7 Å². The Balaban J connectivity index is 2.40. The lowest BCUT2D eigenvalue weighted by Gasteiger charge is -2.01. The van der Waals surface area contributed by atoms with Gasteiger partial charge in [0.15, 0.2) is 5.65 Å². The van der Waals surface area contributed by atoms with Crippen LogP contribution < -0.4 is 0 Å². The first-order chi connectivity index (χ1) is 8.92. The Morgan fingerprint density at radius 1 is 1.47 bits per heavy atom. The average Bonchev–Trinajstić information content (AvgIpc) is 2.71. The van der Waals surface area contributed by atoms with Crippen LogP contribution >= 0.6 is 0 Å². The largest absolute Gasteiger partial charge is 0.506 e. The first kappa shape index (κ1) is 13.0. The van der Waals surface area contributed by atoms with Gasteiger partial charge in [0, 0.05) is 6.20 Å². The molecule has 98 valence electrons. The van der Waals surface area contributed by atoms with E-state index in [1.54, 1.807) is 6.07 Å². The molecule has 0 aliphatic heterocycles. The van der Waals surface area contributed by atoms with Crippen LogP contribution in [-0.4, -0.2) is 20.7 Å². The topological polar surface area (TPSA) is 61.3 Å². The number of hydrogen-bond acceptors (Lipinski definition) is 3. The zero-order chi connectivity index (χ0) is 14.0. The molecule has 0 saturated heterocycles. The van der Waals surface area contributed by atoms with Crippen molar-refractivity contribution in [1.29, 1.82) is 5.26 Å². The third kappa shape index (κ3) is 2.68. The molecule has 0 saturated carbocycles. The summed E-state index contributed by atoms with van der Waals surface area (Å²) in [7, 11) is 0. The van der Waals surface area contributed by atoms with Crippen LogP contribution in [0.15, 0.2) is 24.5 Å². The second kappa shape index (κ2) is 4.65. The number of nitriles is 1. The monoisotopic (exact) mass is 267 g/mol. The van der Waals surface area contributed by atoms with Gasteiger partial charge in [0.05, 0.1) is 18.3 Å². The van der Waals surface area contributed by atoms with Crippen LogP contribution in [-0.2, 0) is 0 Å². The van der Waals surface area contributed by atoms with Gasteiger partial charge in [-0.05, 0) is 12.1 Å². The number of pyridine rings is 1. The van der Waals surface area contributed by atoms with E-state index in [4.69, 9.17) is 5.26 Å². The van der Waals surface area contributed by atoms with Crippen LogP contribution in [0, 0.1) is 11.3 Å². The van der Waals surface area contributed by atoms with E-state index in [-0.39, 0.29) is 17.0 Å². The van der Waals surface area contributed by atoms with E-state index in [9.17, 15) is 18.3 Å². The molecule has 2 aromatic heterocycles. The number of aromatic nitrogens is 2. The Morgan fingerprint density at radius 2 is 2.21 bits per heavy atom. The molecule has 0 spiro atoms. The van der Waals surface area contributed by atoms with E-state index >= 15 is 0 Å². The summed E-state index contributed by atoms with van der Waals surface area (Å²) in [5.41, 5.74) is 0.586. The highest BCUT2D eigenvalue weighted by Crippen LogP contribution is 2.23. The van der Waals surface area contributed by atoms with E-state index in [0.717, 1.165) is 6.08 Å². The van der Waals surface area contributed by atoms with Crippen molar-refractivity contribution >= 4 is 11.7 Å². The minimum atomic E-state index is -4.26. The summed E-state index contributed by atoms with van der Waals surface area (Å²) in [5, 5.41) is 18.3. The van der Waals surface area contributed by atoms with Crippen molar-refractivity contribution in [3.05, 3.63) is 35.8 Å². The number of halogens is 3. The molecule has 19 heavy (non-hydrogen) atoms. The lowest BCUT2D eigenvalue weighted by atomic mass is 10.2. The van der Waals surface area contributed by atoms with Gasteiger partial charge in [-0.2, -0.15) is 18.4 Å². The van der Waals surface area contributed by atoms with Gasteiger partial charge >= 0.3 is 6.18 Å². The summed E-state index contributed by atoms with van der Waals surface area (Å²) in [6.07, 6.45) is -0.279. The highest BCUT2D eigenvalue weighted by molar-refractivity contribution is 5.64. The fourth-order valence-electron chi connectivity index (χ4n) is 1.60. The molecule has 0 fully saturated rings. The summed E-state index contributed by atoms with van der Waals surface area (Å²) in [6, 6.07) is 3.08. The Hall–Kier alpha value is -2.49. The summed E-state index contributed by atoms with van der Waals surface area (Å²) in [6.45, 7) is 0. The van der Waals surface area contributed by atoms with Crippen molar-refractivity contribution in [1.82, 2.24) is 9.38 Å². The maximum absolute atomic E-state index is 12.0. The minimum absolute atomic E-state index is 0.0158. The molecule has 0 atom stereocenters. The molecule has 2 heterocycles. The van der Waals surface area contributed by atoms with E-state index < -0.39 is 12.6 Å². The van der Waals surface area contributed by atoms with Crippen molar-refractivity contribution in [2.75, 3.05) is 0 Å². The molecule has 0 aliphatic rings. The number of nitrogens with zero attached hydrogens (tertiary/aromatic N) is 3. The number of fused-ring (bicyclic) bond motifs is 1. The van der Waals surface area contributed by atoms with Gasteiger partial charge in [0.2, 0.25) is 0 Å². The Kier molecular flexibility index (Phi) is 3.17. The fraction of sp³-hybridized carbons (Fsp3) is 0.167. The Labute approximate surface area is 106 Å². The Bertz CT molecular complexity index is 680. The molecule has 2 aromatic rings. The van der Waals surface area contributed by atoms with Crippen molar-refractivity contribution < 1.29 is 18.3 Å². The number of hydrogen-bond donors (Lipinski definition) is 1. The van der Waals surface area contributed by atoms with Gasteiger partial charge in [0.1, 0.15) is 17.4 Å². The maximum atomic E-state index is 12.0. The average molecular weight is 267 g/mol. The van der Waals surface area contributed by atoms with Crippen molar-refractivity contribution in [2.45, 2.75) is 12.6 Å². The minimum Gasteiger partial charge on any atom is -0.506 e. The summed E-state index contributed by atoms with van der Waals surface area (Å²) >= 11 is 0. The number of imidazole rings is 1. The molecule has 0 amide bonds. The van der Waals surface area contributed by atoms with Crippen LogP contribution in [0.2, 0.25) is 0 Å². The number of rotatable bonds is 2. The molecule has 0 bridgehead atoms. The predicted molar refractivity (Wildman–Crippen MR) is 61.3 cm³/mol. The molecule has 7 heteroatoms. The lowest BCUT2D eigenvalue weighted by molar-refractivity contribution is -0.124. The first-order valence-electron chi connectivity index (χ1n) is 5.25. The number of aromatic hydroxyl groups is 1. The Morgan fingerprint density at radius 3 is 2.84 bits per heavy atom. The standard InChI is InChI=1S/C12H8F3N3O/c13-12(14,15)4-1-2-8-7-17-11-9(6-16)10(19)3-5-18(8)11/h1-3,5,7,19H,4H2/b2-1+. The zero-order valence-electron chi connectivity index (χ0n) is 9.52. The van der Waals surface area contributed by atoms with Crippen molar-refractivity contribution in [3.8, 4) is 11.8 Å². The highest BCUT2D eigenvalue weighted by atomic mass is 19.4. The molecular weight excluding hydrogens is 259 g/mol. The molecule has 0 unspecified atom stereocenters. The van der Waals surface area contributed by atoms with Gasteiger partial charge in [-0.25, -0.2) is 4.98 Å².